The highest BCUT2D eigenvalue weighted by Crippen LogP contribution is 2.12. The summed E-state index contributed by atoms with van der Waals surface area (Å²) in [5.41, 5.74) is 0.371. The monoisotopic (exact) mass is 294 g/mol. The van der Waals surface area contributed by atoms with Crippen molar-refractivity contribution in [1.29, 1.82) is 5.26 Å². The van der Waals surface area contributed by atoms with E-state index in [9.17, 15) is 8.42 Å². The van der Waals surface area contributed by atoms with Gasteiger partial charge in [-0.05, 0) is 43.5 Å². The third kappa shape index (κ3) is 5.72. The molecule has 0 radical (unpaired) electrons. The molecule has 0 atom stereocenters. The highest BCUT2D eigenvalue weighted by atomic mass is 32.2. The molecule has 0 aliphatic heterocycles. The standard InChI is InChI=1S/C15H22N2O2S/c1-13(2)5-4-8-17-9-10-20(18,19)15-7-3-6-14(11-15)12-16/h3,6-7,11,13,17H,4-5,8-10H2,1-2H3. The molecular weight excluding hydrogens is 272 g/mol. The Morgan fingerprint density at radius 2 is 2.05 bits per heavy atom. The quantitative estimate of drug-likeness (QED) is 0.747. The van der Waals surface area contributed by atoms with E-state index in [1.807, 2.05) is 6.07 Å². The van der Waals surface area contributed by atoms with E-state index in [1.54, 1.807) is 12.1 Å². The topological polar surface area (TPSA) is 70.0 Å². The van der Waals surface area contributed by atoms with Crippen LogP contribution < -0.4 is 5.32 Å². The van der Waals surface area contributed by atoms with Crippen molar-refractivity contribution < 1.29 is 8.42 Å². The number of nitriles is 1. The van der Waals surface area contributed by atoms with Gasteiger partial charge in [0, 0.05) is 6.54 Å². The summed E-state index contributed by atoms with van der Waals surface area (Å²) in [6.45, 7) is 5.63. The second-order valence-electron chi connectivity index (χ2n) is 5.24. The minimum Gasteiger partial charge on any atom is -0.316 e. The fourth-order valence-electron chi connectivity index (χ4n) is 1.84. The summed E-state index contributed by atoms with van der Waals surface area (Å²) in [4.78, 5) is 0.223. The van der Waals surface area contributed by atoms with Gasteiger partial charge in [-0.3, -0.25) is 0 Å². The summed E-state index contributed by atoms with van der Waals surface area (Å²) in [5, 5.41) is 11.9. The van der Waals surface area contributed by atoms with Crippen LogP contribution in [0, 0.1) is 17.2 Å². The fourth-order valence-corrected chi connectivity index (χ4v) is 3.08. The zero-order valence-corrected chi connectivity index (χ0v) is 12.9. The van der Waals surface area contributed by atoms with E-state index in [0.717, 1.165) is 19.4 Å². The maximum Gasteiger partial charge on any atom is 0.179 e. The molecule has 0 heterocycles. The van der Waals surface area contributed by atoms with Crippen molar-refractivity contribution in [2.45, 2.75) is 31.6 Å². The van der Waals surface area contributed by atoms with Gasteiger partial charge in [0.1, 0.15) is 0 Å². The summed E-state index contributed by atoms with van der Waals surface area (Å²) >= 11 is 0. The highest BCUT2D eigenvalue weighted by molar-refractivity contribution is 7.91. The molecule has 110 valence electrons. The molecule has 0 fully saturated rings. The Bertz CT molecular complexity index is 559. The van der Waals surface area contributed by atoms with Crippen LogP contribution >= 0.6 is 0 Å². The van der Waals surface area contributed by atoms with Gasteiger partial charge in [-0.25, -0.2) is 8.42 Å². The zero-order chi connectivity index (χ0) is 15.0. The summed E-state index contributed by atoms with van der Waals surface area (Å²) in [6.07, 6.45) is 2.20. The molecule has 0 unspecified atom stereocenters. The van der Waals surface area contributed by atoms with Crippen LogP contribution in [-0.4, -0.2) is 27.3 Å². The Morgan fingerprint density at radius 1 is 1.30 bits per heavy atom. The molecule has 20 heavy (non-hydrogen) atoms. The number of nitrogens with zero attached hydrogens (tertiary/aromatic N) is 1. The van der Waals surface area contributed by atoms with Crippen molar-refractivity contribution in [2.24, 2.45) is 5.92 Å². The van der Waals surface area contributed by atoms with E-state index >= 15 is 0 Å². The smallest absolute Gasteiger partial charge is 0.179 e. The number of nitrogens with one attached hydrogen (secondary N) is 1. The van der Waals surface area contributed by atoms with Crippen molar-refractivity contribution in [3.63, 3.8) is 0 Å². The van der Waals surface area contributed by atoms with E-state index < -0.39 is 9.84 Å². The third-order valence-corrected chi connectivity index (χ3v) is 4.72. The van der Waals surface area contributed by atoms with Crippen LogP contribution in [0.3, 0.4) is 0 Å². The molecular formula is C15H22N2O2S. The van der Waals surface area contributed by atoms with E-state index in [0.29, 0.717) is 18.0 Å². The molecule has 0 spiro atoms. The Labute approximate surface area is 121 Å². The van der Waals surface area contributed by atoms with Gasteiger partial charge < -0.3 is 5.32 Å². The van der Waals surface area contributed by atoms with E-state index in [1.165, 1.54) is 12.1 Å². The van der Waals surface area contributed by atoms with Crippen LogP contribution in [-0.2, 0) is 9.84 Å². The van der Waals surface area contributed by atoms with Gasteiger partial charge in [-0.2, -0.15) is 5.26 Å². The lowest BCUT2D eigenvalue weighted by Crippen LogP contribution is -2.24. The van der Waals surface area contributed by atoms with Crippen molar-refractivity contribution in [1.82, 2.24) is 5.32 Å². The fraction of sp³-hybridized carbons (Fsp3) is 0.533. The molecule has 0 bridgehead atoms. The first-order valence-electron chi connectivity index (χ1n) is 6.89. The van der Waals surface area contributed by atoms with Crippen LogP contribution in [0.5, 0.6) is 0 Å². The minimum atomic E-state index is -3.31. The Kier molecular flexibility index (Phi) is 6.69. The van der Waals surface area contributed by atoms with Crippen molar-refractivity contribution in [3.05, 3.63) is 29.8 Å². The highest BCUT2D eigenvalue weighted by Gasteiger charge is 2.14. The molecule has 1 rings (SSSR count). The lowest BCUT2D eigenvalue weighted by molar-refractivity contribution is 0.531. The lowest BCUT2D eigenvalue weighted by Gasteiger charge is -2.07. The average Bonchev–Trinajstić information content (AvgIpc) is 2.42. The maximum absolute atomic E-state index is 12.1. The van der Waals surface area contributed by atoms with Gasteiger partial charge in [0.05, 0.1) is 22.3 Å². The largest absolute Gasteiger partial charge is 0.316 e. The van der Waals surface area contributed by atoms with Gasteiger partial charge >= 0.3 is 0 Å². The molecule has 1 aromatic carbocycles. The molecule has 1 aromatic rings. The first kappa shape index (κ1) is 16.7. The van der Waals surface area contributed by atoms with Crippen LogP contribution in [0.15, 0.2) is 29.2 Å². The molecule has 0 amide bonds. The van der Waals surface area contributed by atoms with Crippen LogP contribution in [0.2, 0.25) is 0 Å². The van der Waals surface area contributed by atoms with Crippen molar-refractivity contribution >= 4 is 9.84 Å². The first-order valence-corrected chi connectivity index (χ1v) is 8.54. The molecule has 0 aliphatic rings. The summed E-state index contributed by atoms with van der Waals surface area (Å²) in [6, 6.07) is 8.11. The summed E-state index contributed by atoms with van der Waals surface area (Å²) in [7, 11) is -3.31. The van der Waals surface area contributed by atoms with E-state index in [2.05, 4.69) is 19.2 Å². The summed E-state index contributed by atoms with van der Waals surface area (Å²) < 4.78 is 24.2. The molecule has 0 saturated heterocycles. The number of sulfone groups is 1. The van der Waals surface area contributed by atoms with E-state index in [4.69, 9.17) is 5.26 Å². The molecule has 1 N–H and O–H groups in total. The summed E-state index contributed by atoms with van der Waals surface area (Å²) in [5.74, 6) is 0.734. The van der Waals surface area contributed by atoms with Gasteiger partial charge in [-0.1, -0.05) is 19.9 Å². The zero-order valence-electron chi connectivity index (χ0n) is 12.1. The van der Waals surface area contributed by atoms with Gasteiger partial charge in [0.25, 0.3) is 0 Å². The number of hydrogen-bond acceptors (Lipinski definition) is 4. The molecule has 0 aromatic heterocycles. The second kappa shape index (κ2) is 8.03. The predicted octanol–water partition coefficient (Wildman–Crippen LogP) is 2.36. The third-order valence-electron chi connectivity index (χ3n) is 3.00. The minimum absolute atomic E-state index is 0.0591. The number of benzene rings is 1. The van der Waals surface area contributed by atoms with Gasteiger partial charge in [-0.15, -0.1) is 0 Å². The normalized spacial score (nSPS) is 11.5. The number of rotatable bonds is 8. The van der Waals surface area contributed by atoms with Crippen LogP contribution in [0.25, 0.3) is 0 Å². The Hall–Kier alpha value is -1.38. The average molecular weight is 294 g/mol. The van der Waals surface area contributed by atoms with Crippen molar-refractivity contribution in [2.75, 3.05) is 18.8 Å². The van der Waals surface area contributed by atoms with Gasteiger partial charge in [0.15, 0.2) is 9.84 Å². The molecule has 0 aliphatic carbocycles. The lowest BCUT2D eigenvalue weighted by atomic mass is 10.1. The van der Waals surface area contributed by atoms with Crippen LogP contribution in [0.1, 0.15) is 32.3 Å². The van der Waals surface area contributed by atoms with Crippen molar-refractivity contribution in [3.8, 4) is 6.07 Å². The van der Waals surface area contributed by atoms with Crippen LogP contribution in [0.4, 0.5) is 0 Å². The molecule has 5 heteroatoms. The van der Waals surface area contributed by atoms with Gasteiger partial charge in [0.2, 0.25) is 0 Å². The SMILES string of the molecule is CC(C)CCCNCCS(=O)(=O)c1cccc(C#N)c1. The van der Waals surface area contributed by atoms with E-state index in [-0.39, 0.29) is 10.6 Å². The molecule has 4 nitrogen and oxygen atoms in total. The Balaban J connectivity index is 2.44. The Morgan fingerprint density at radius 3 is 2.70 bits per heavy atom. The molecule has 0 saturated carbocycles. The first-order chi connectivity index (χ1) is 9.45. The predicted molar refractivity (Wildman–Crippen MR) is 80.2 cm³/mol. The number of hydrogen-bond donors (Lipinski definition) is 1. The second-order valence-corrected chi connectivity index (χ2v) is 7.35. The maximum atomic E-state index is 12.1.